The van der Waals surface area contributed by atoms with Crippen LogP contribution in [-0.4, -0.2) is 49.1 Å². The predicted molar refractivity (Wildman–Crippen MR) is 119 cm³/mol. The smallest absolute Gasteiger partial charge is 0.191 e. The van der Waals surface area contributed by atoms with E-state index in [1.807, 2.05) is 18.4 Å². The first-order valence-electron chi connectivity index (χ1n) is 10.0. The van der Waals surface area contributed by atoms with Crippen molar-refractivity contribution in [2.24, 2.45) is 4.99 Å². The summed E-state index contributed by atoms with van der Waals surface area (Å²) in [5.74, 6) is 0.879. The summed E-state index contributed by atoms with van der Waals surface area (Å²) in [7, 11) is 1.84. The van der Waals surface area contributed by atoms with Gasteiger partial charge in [0.1, 0.15) is 0 Å². The van der Waals surface area contributed by atoms with Crippen LogP contribution in [-0.2, 0) is 19.4 Å². The molecule has 0 spiro atoms. The largest absolute Gasteiger partial charge is 0.361 e. The summed E-state index contributed by atoms with van der Waals surface area (Å²) in [4.78, 5) is 11.8. The summed E-state index contributed by atoms with van der Waals surface area (Å²) >= 11 is 1.90. The lowest BCUT2D eigenvalue weighted by atomic mass is 10.1. The van der Waals surface area contributed by atoms with E-state index in [0.717, 1.165) is 45.1 Å². The van der Waals surface area contributed by atoms with Crippen molar-refractivity contribution in [1.29, 1.82) is 0 Å². The molecule has 0 saturated heterocycles. The molecule has 2 aromatic heterocycles. The maximum atomic E-state index is 4.36. The molecule has 4 rings (SSSR count). The molecule has 0 saturated carbocycles. The summed E-state index contributed by atoms with van der Waals surface area (Å²) in [6.45, 7) is 7.17. The fourth-order valence-electron chi connectivity index (χ4n) is 3.87. The molecular weight excluding hydrogens is 366 g/mol. The van der Waals surface area contributed by atoms with Gasteiger partial charge in [-0.05, 0) is 54.0 Å². The van der Waals surface area contributed by atoms with Crippen LogP contribution in [0.2, 0.25) is 0 Å². The zero-order valence-electron chi connectivity index (χ0n) is 16.7. The SMILES string of the molecule is CN=C(NCCc1c[nH]c2cc(C)ccc12)NCCN1CCc2sccc2C1. The van der Waals surface area contributed by atoms with Crippen LogP contribution in [0.4, 0.5) is 0 Å². The zero-order valence-corrected chi connectivity index (χ0v) is 17.5. The van der Waals surface area contributed by atoms with Gasteiger partial charge >= 0.3 is 0 Å². The maximum Gasteiger partial charge on any atom is 0.191 e. The lowest BCUT2D eigenvalue weighted by molar-refractivity contribution is 0.260. The predicted octanol–water partition coefficient (Wildman–Crippen LogP) is 3.30. The molecule has 0 atom stereocenters. The van der Waals surface area contributed by atoms with Gasteiger partial charge in [-0.3, -0.25) is 9.89 Å². The van der Waals surface area contributed by atoms with Crippen LogP contribution in [0.25, 0.3) is 10.9 Å². The van der Waals surface area contributed by atoms with Crippen molar-refractivity contribution in [3.8, 4) is 0 Å². The normalized spacial score (nSPS) is 15.0. The third-order valence-corrected chi connectivity index (χ3v) is 6.46. The lowest BCUT2D eigenvalue weighted by Crippen LogP contribution is -2.43. The molecule has 3 aromatic rings. The van der Waals surface area contributed by atoms with E-state index in [2.05, 4.69) is 68.3 Å². The third kappa shape index (κ3) is 4.39. The van der Waals surface area contributed by atoms with Crippen LogP contribution in [0.3, 0.4) is 0 Å². The van der Waals surface area contributed by atoms with E-state index in [9.17, 15) is 0 Å². The summed E-state index contributed by atoms with van der Waals surface area (Å²) in [6.07, 6.45) is 4.28. The number of benzene rings is 1. The lowest BCUT2D eigenvalue weighted by Gasteiger charge is -2.27. The Hall–Kier alpha value is -2.31. The molecule has 3 N–H and O–H groups in total. The molecule has 0 fully saturated rings. The monoisotopic (exact) mass is 395 g/mol. The fourth-order valence-corrected chi connectivity index (χ4v) is 4.76. The number of hydrogen-bond acceptors (Lipinski definition) is 3. The number of aliphatic imine (C=N–C) groups is 1. The molecule has 1 aliphatic rings. The van der Waals surface area contributed by atoms with E-state index in [0.29, 0.717) is 0 Å². The van der Waals surface area contributed by atoms with Crippen molar-refractivity contribution in [1.82, 2.24) is 20.5 Å². The van der Waals surface area contributed by atoms with Gasteiger partial charge in [0.15, 0.2) is 5.96 Å². The Labute approximate surface area is 170 Å². The minimum Gasteiger partial charge on any atom is -0.361 e. The van der Waals surface area contributed by atoms with Crippen LogP contribution in [0.1, 0.15) is 21.6 Å². The second-order valence-corrected chi connectivity index (χ2v) is 8.43. The van der Waals surface area contributed by atoms with E-state index in [1.165, 1.54) is 34.0 Å². The minimum absolute atomic E-state index is 0.864. The van der Waals surface area contributed by atoms with Gasteiger partial charge in [-0.25, -0.2) is 0 Å². The highest BCUT2D eigenvalue weighted by molar-refractivity contribution is 7.10. The van der Waals surface area contributed by atoms with Crippen LogP contribution in [0, 0.1) is 6.92 Å². The molecule has 28 heavy (non-hydrogen) atoms. The van der Waals surface area contributed by atoms with Crippen molar-refractivity contribution < 1.29 is 0 Å². The Kier molecular flexibility index (Phi) is 5.98. The van der Waals surface area contributed by atoms with Crippen molar-refractivity contribution in [3.05, 3.63) is 57.4 Å². The first kappa shape index (κ1) is 19.0. The number of aromatic amines is 1. The Bertz CT molecular complexity index is 955. The summed E-state index contributed by atoms with van der Waals surface area (Å²) in [5, 5.41) is 10.4. The first-order valence-corrected chi connectivity index (χ1v) is 10.9. The van der Waals surface area contributed by atoms with Gasteiger partial charge in [0.05, 0.1) is 0 Å². The van der Waals surface area contributed by atoms with Crippen molar-refractivity contribution in [3.63, 3.8) is 0 Å². The Morgan fingerprint density at radius 3 is 3.04 bits per heavy atom. The molecule has 1 aromatic carbocycles. The molecule has 5 nitrogen and oxygen atoms in total. The van der Waals surface area contributed by atoms with Crippen LogP contribution >= 0.6 is 11.3 Å². The van der Waals surface area contributed by atoms with Crippen LogP contribution in [0.5, 0.6) is 0 Å². The number of aromatic nitrogens is 1. The quantitative estimate of drug-likeness (QED) is 0.443. The molecule has 1 aliphatic heterocycles. The van der Waals surface area contributed by atoms with Gasteiger partial charge < -0.3 is 15.6 Å². The highest BCUT2D eigenvalue weighted by Crippen LogP contribution is 2.23. The standard InChI is InChI=1S/C22H29N5S/c1-16-3-4-19-17(14-26-20(19)13-16)5-8-24-22(23-2)25-9-11-27-10-6-21-18(15-27)7-12-28-21/h3-4,7,12-14,26H,5-6,8-11,15H2,1-2H3,(H2,23,24,25). The van der Waals surface area contributed by atoms with Gasteiger partial charge in [-0.15, -0.1) is 11.3 Å². The molecule has 0 unspecified atom stereocenters. The molecule has 0 bridgehead atoms. The summed E-state index contributed by atoms with van der Waals surface area (Å²) in [5.41, 5.74) is 5.35. The third-order valence-electron chi connectivity index (χ3n) is 5.44. The van der Waals surface area contributed by atoms with Gasteiger partial charge in [0.2, 0.25) is 0 Å². The average Bonchev–Trinajstić information content (AvgIpc) is 3.33. The second kappa shape index (κ2) is 8.80. The van der Waals surface area contributed by atoms with Crippen molar-refractivity contribution in [2.75, 3.05) is 33.2 Å². The first-order chi connectivity index (χ1) is 13.7. The highest BCUT2D eigenvalue weighted by atomic mass is 32.1. The van der Waals surface area contributed by atoms with E-state index < -0.39 is 0 Å². The van der Waals surface area contributed by atoms with E-state index in [1.54, 1.807) is 4.88 Å². The van der Waals surface area contributed by atoms with Crippen LogP contribution < -0.4 is 10.6 Å². The molecule has 0 aliphatic carbocycles. The van der Waals surface area contributed by atoms with Crippen molar-refractivity contribution >= 4 is 28.2 Å². The topological polar surface area (TPSA) is 55.5 Å². The van der Waals surface area contributed by atoms with E-state index in [4.69, 9.17) is 0 Å². The number of H-pyrrole nitrogens is 1. The van der Waals surface area contributed by atoms with Crippen LogP contribution in [0.15, 0.2) is 40.8 Å². The molecule has 0 radical (unpaired) electrons. The molecule has 6 heteroatoms. The molecule has 0 amide bonds. The van der Waals surface area contributed by atoms with Gasteiger partial charge in [0.25, 0.3) is 0 Å². The molecular formula is C22H29N5S. The number of aryl methyl sites for hydroxylation is 1. The summed E-state index contributed by atoms with van der Waals surface area (Å²) < 4.78 is 0. The molecule has 148 valence electrons. The number of nitrogens with one attached hydrogen (secondary N) is 3. The van der Waals surface area contributed by atoms with E-state index >= 15 is 0 Å². The number of nitrogens with zero attached hydrogens (tertiary/aromatic N) is 2. The maximum absolute atomic E-state index is 4.36. The number of guanidine groups is 1. The zero-order chi connectivity index (χ0) is 19.3. The van der Waals surface area contributed by atoms with Crippen molar-refractivity contribution in [2.45, 2.75) is 26.3 Å². The summed E-state index contributed by atoms with van der Waals surface area (Å²) in [6, 6.07) is 8.85. The van der Waals surface area contributed by atoms with Gasteiger partial charge in [0, 0.05) is 61.7 Å². The minimum atomic E-state index is 0.864. The number of rotatable bonds is 6. The Balaban J connectivity index is 1.21. The van der Waals surface area contributed by atoms with E-state index in [-0.39, 0.29) is 0 Å². The second-order valence-electron chi connectivity index (χ2n) is 7.43. The number of fused-ring (bicyclic) bond motifs is 2. The highest BCUT2D eigenvalue weighted by Gasteiger charge is 2.16. The fraction of sp³-hybridized carbons (Fsp3) is 0.409. The number of thiophene rings is 1. The Morgan fingerprint density at radius 1 is 1.25 bits per heavy atom. The van der Waals surface area contributed by atoms with Gasteiger partial charge in [-0.2, -0.15) is 0 Å². The number of hydrogen-bond donors (Lipinski definition) is 3. The average molecular weight is 396 g/mol. The van der Waals surface area contributed by atoms with Gasteiger partial charge in [-0.1, -0.05) is 12.1 Å². The molecule has 3 heterocycles. The Morgan fingerprint density at radius 2 is 2.14 bits per heavy atom.